The van der Waals surface area contributed by atoms with Gasteiger partial charge in [0.25, 0.3) is 0 Å². The fraction of sp³-hybridized carbons (Fsp3) is 0.591. The van der Waals surface area contributed by atoms with Gasteiger partial charge in [0.15, 0.2) is 9.84 Å². The third kappa shape index (κ3) is 5.20. The van der Waals surface area contributed by atoms with Crippen LogP contribution in [0.1, 0.15) is 49.8 Å². The number of ether oxygens (including phenoxy) is 1. The molecule has 0 spiro atoms. The number of piperidine rings is 1. The SMILES string of the molecule is CS(=O)(=O)c1cn[nH]c1CC1CCCN(Cc2ccccc2OC2CCCC2)C1. The number of nitrogens with one attached hydrogen (secondary N) is 1. The Hall–Kier alpha value is -1.86. The van der Waals surface area contributed by atoms with Gasteiger partial charge >= 0.3 is 0 Å². The van der Waals surface area contributed by atoms with Crippen LogP contribution < -0.4 is 4.74 Å². The first-order chi connectivity index (χ1) is 14.0. The molecule has 1 unspecified atom stereocenters. The maximum absolute atomic E-state index is 12.0. The predicted octanol–water partition coefficient (Wildman–Crippen LogP) is 3.59. The van der Waals surface area contributed by atoms with Gasteiger partial charge in [0.1, 0.15) is 10.6 Å². The Bertz CT molecular complexity index is 919. The number of hydrogen-bond donors (Lipinski definition) is 1. The van der Waals surface area contributed by atoms with E-state index >= 15 is 0 Å². The van der Waals surface area contributed by atoms with Gasteiger partial charge in [-0.25, -0.2) is 8.42 Å². The Balaban J connectivity index is 1.40. The monoisotopic (exact) mass is 417 g/mol. The number of likely N-dealkylation sites (tertiary alicyclic amines) is 1. The molecule has 6 nitrogen and oxygen atoms in total. The molecule has 1 saturated heterocycles. The second-order valence-corrected chi connectivity index (χ2v) is 10.5. The second kappa shape index (κ2) is 8.88. The molecule has 0 amide bonds. The average Bonchev–Trinajstić information content (AvgIpc) is 3.35. The van der Waals surface area contributed by atoms with Gasteiger partial charge in [-0.1, -0.05) is 18.2 Å². The van der Waals surface area contributed by atoms with Gasteiger partial charge in [-0.2, -0.15) is 5.10 Å². The van der Waals surface area contributed by atoms with E-state index in [4.69, 9.17) is 4.74 Å². The predicted molar refractivity (Wildman–Crippen MR) is 113 cm³/mol. The summed E-state index contributed by atoms with van der Waals surface area (Å²) in [7, 11) is -3.24. The Labute approximate surface area is 173 Å². The minimum absolute atomic E-state index is 0.338. The minimum atomic E-state index is -3.24. The number of hydrogen-bond acceptors (Lipinski definition) is 5. The molecule has 2 fully saturated rings. The van der Waals surface area contributed by atoms with Crippen LogP contribution >= 0.6 is 0 Å². The zero-order valence-electron chi connectivity index (χ0n) is 17.1. The van der Waals surface area contributed by atoms with Gasteiger partial charge in [-0.15, -0.1) is 0 Å². The van der Waals surface area contributed by atoms with Crippen molar-refractivity contribution in [1.29, 1.82) is 0 Å². The third-order valence-electron chi connectivity index (χ3n) is 6.14. The highest BCUT2D eigenvalue weighted by atomic mass is 32.2. The summed E-state index contributed by atoms with van der Waals surface area (Å²) < 4.78 is 30.2. The molecule has 29 heavy (non-hydrogen) atoms. The molecule has 2 heterocycles. The topological polar surface area (TPSA) is 75.3 Å². The van der Waals surface area contributed by atoms with Gasteiger partial charge in [-0.05, 0) is 63.5 Å². The maximum Gasteiger partial charge on any atom is 0.178 e. The maximum atomic E-state index is 12.0. The average molecular weight is 418 g/mol. The van der Waals surface area contributed by atoms with Crippen molar-refractivity contribution in [2.75, 3.05) is 19.3 Å². The number of aromatic amines is 1. The number of para-hydroxylation sites is 1. The Kier molecular flexibility index (Phi) is 6.25. The number of rotatable bonds is 7. The molecule has 0 radical (unpaired) electrons. The van der Waals surface area contributed by atoms with Gasteiger partial charge in [-0.3, -0.25) is 10.00 Å². The Morgan fingerprint density at radius 2 is 1.97 bits per heavy atom. The van der Waals surface area contributed by atoms with Crippen molar-refractivity contribution in [1.82, 2.24) is 15.1 Å². The molecule has 0 bridgehead atoms. The van der Waals surface area contributed by atoms with Crippen LogP contribution in [0.2, 0.25) is 0 Å². The van der Waals surface area contributed by atoms with Gasteiger partial charge in [0.05, 0.1) is 18.0 Å². The lowest BCUT2D eigenvalue weighted by atomic mass is 9.93. The molecule has 1 N–H and O–H groups in total. The first-order valence-corrected chi connectivity index (χ1v) is 12.6. The molecular formula is C22H31N3O3S. The smallest absolute Gasteiger partial charge is 0.178 e. The molecule has 4 rings (SSSR count). The number of nitrogens with zero attached hydrogens (tertiary/aromatic N) is 2. The van der Waals surface area contributed by atoms with Gasteiger partial charge < -0.3 is 4.74 Å². The normalized spacial score (nSPS) is 21.5. The molecule has 1 aromatic carbocycles. The Morgan fingerprint density at radius 3 is 2.76 bits per heavy atom. The van der Waals surface area contributed by atoms with E-state index in [0.29, 0.717) is 16.9 Å². The van der Waals surface area contributed by atoms with Crippen molar-refractivity contribution in [2.24, 2.45) is 5.92 Å². The molecule has 2 aliphatic rings. The van der Waals surface area contributed by atoms with Crippen LogP contribution in [0.4, 0.5) is 0 Å². The highest BCUT2D eigenvalue weighted by Crippen LogP contribution is 2.29. The second-order valence-electron chi connectivity index (χ2n) is 8.56. The molecule has 158 valence electrons. The highest BCUT2D eigenvalue weighted by molar-refractivity contribution is 7.90. The summed E-state index contributed by atoms with van der Waals surface area (Å²) in [5, 5.41) is 6.87. The van der Waals surface area contributed by atoms with E-state index in [-0.39, 0.29) is 0 Å². The molecule has 2 aromatic rings. The van der Waals surface area contributed by atoms with Crippen LogP contribution in [0.15, 0.2) is 35.4 Å². The van der Waals surface area contributed by atoms with E-state index < -0.39 is 9.84 Å². The summed E-state index contributed by atoms with van der Waals surface area (Å²) in [6.45, 7) is 2.90. The van der Waals surface area contributed by atoms with Crippen molar-refractivity contribution >= 4 is 9.84 Å². The summed E-state index contributed by atoms with van der Waals surface area (Å²) in [4.78, 5) is 2.81. The van der Waals surface area contributed by atoms with E-state index in [1.165, 1.54) is 30.9 Å². The Morgan fingerprint density at radius 1 is 1.17 bits per heavy atom. The van der Waals surface area contributed by atoms with Crippen LogP contribution in [-0.2, 0) is 22.8 Å². The summed E-state index contributed by atoms with van der Waals surface area (Å²) in [6.07, 6.45) is 10.8. The molecular weight excluding hydrogens is 386 g/mol. The van der Waals surface area contributed by atoms with Crippen molar-refractivity contribution < 1.29 is 13.2 Å². The lowest BCUT2D eigenvalue weighted by Gasteiger charge is -2.33. The zero-order chi connectivity index (χ0) is 20.3. The van der Waals surface area contributed by atoms with Crippen LogP contribution in [0.5, 0.6) is 5.75 Å². The molecule has 1 aliphatic heterocycles. The molecule has 1 saturated carbocycles. The molecule has 1 aromatic heterocycles. The summed E-state index contributed by atoms with van der Waals surface area (Å²) in [5.74, 6) is 1.45. The lowest BCUT2D eigenvalue weighted by Crippen LogP contribution is -2.36. The summed E-state index contributed by atoms with van der Waals surface area (Å²) in [5.41, 5.74) is 1.99. The van der Waals surface area contributed by atoms with E-state index in [2.05, 4.69) is 39.4 Å². The van der Waals surface area contributed by atoms with Crippen LogP contribution in [0.3, 0.4) is 0 Å². The number of benzene rings is 1. The van der Waals surface area contributed by atoms with E-state index in [0.717, 1.165) is 63.2 Å². The van der Waals surface area contributed by atoms with Crippen molar-refractivity contribution in [2.45, 2.75) is 62.5 Å². The van der Waals surface area contributed by atoms with Crippen molar-refractivity contribution in [3.63, 3.8) is 0 Å². The summed E-state index contributed by atoms with van der Waals surface area (Å²) >= 11 is 0. The van der Waals surface area contributed by atoms with Gasteiger partial charge in [0.2, 0.25) is 0 Å². The van der Waals surface area contributed by atoms with Crippen LogP contribution in [0, 0.1) is 5.92 Å². The summed E-state index contributed by atoms with van der Waals surface area (Å²) in [6, 6.07) is 8.40. The lowest BCUT2D eigenvalue weighted by molar-refractivity contribution is 0.159. The molecule has 1 atom stereocenters. The molecule has 7 heteroatoms. The van der Waals surface area contributed by atoms with Crippen molar-refractivity contribution in [3.8, 4) is 5.75 Å². The fourth-order valence-corrected chi connectivity index (χ4v) is 5.51. The largest absolute Gasteiger partial charge is 0.490 e. The fourth-order valence-electron chi connectivity index (χ4n) is 4.69. The van der Waals surface area contributed by atoms with Crippen LogP contribution in [-0.4, -0.2) is 49.0 Å². The highest BCUT2D eigenvalue weighted by Gasteiger charge is 2.25. The molecule has 1 aliphatic carbocycles. The van der Waals surface area contributed by atoms with Crippen molar-refractivity contribution in [3.05, 3.63) is 41.7 Å². The third-order valence-corrected chi connectivity index (χ3v) is 7.29. The number of H-pyrrole nitrogens is 1. The van der Waals surface area contributed by atoms with E-state index in [1.54, 1.807) is 0 Å². The first-order valence-electron chi connectivity index (χ1n) is 10.7. The quantitative estimate of drug-likeness (QED) is 0.745. The van der Waals surface area contributed by atoms with E-state index in [1.807, 2.05) is 0 Å². The van der Waals surface area contributed by atoms with E-state index in [9.17, 15) is 8.42 Å². The van der Waals surface area contributed by atoms with Crippen LogP contribution in [0.25, 0.3) is 0 Å². The number of sulfone groups is 1. The zero-order valence-corrected chi connectivity index (χ0v) is 18.0. The first kappa shape index (κ1) is 20.4. The number of aromatic nitrogens is 2. The van der Waals surface area contributed by atoms with Gasteiger partial charge in [0, 0.05) is 24.9 Å². The standard InChI is InChI=1S/C22H31N3O3S/c1-29(26,27)22-14-23-24-20(22)13-17-7-6-12-25(15-17)16-18-8-2-5-11-21(18)28-19-9-3-4-10-19/h2,5,8,11,14,17,19H,3-4,6-7,9-10,12-13,15-16H2,1H3,(H,23,24). The minimum Gasteiger partial charge on any atom is -0.490 e.